The van der Waals surface area contributed by atoms with Gasteiger partial charge in [-0.3, -0.25) is 9.59 Å². The summed E-state index contributed by atoms with van der Waals surface area (Å²) in [6, 6.07) is 14.6. The zero-order valence-electron chi connectivity index (χ0n) is 15.0. The fourth-order valence-electron chi connectivity index (χ4n) is 3.28. The van der Waals surface area contributed by atoms with Gasteiger partial charge in [-0.1, -0.05) is 36.8 Å². The maximum absolute atomic E-state index is 12.7. The molecule has 2 aromatic rings. The largest absolute Gasteiger partial charge is 0.497 e. The maximum atomic E-state index is 12.7. The molecular formula is C21H22O5. The van der Waals surface area contributed by atoms with Gasteiger partial charge in [0.2, 0.25) is 5.78 Å². The van der Waals surface area contributed by atoms with Gasteiger partial charge in [0.15, 0.2) is 6.61 Å². The predicted molar refractivity (Wildman–Crippen MR) is 96.8 cm³/mol. The molecule has 0 spiro atoms. The first-order valence-electron chi connectivity index (χ1n) is 8.59. The molecular weight excluding hydrogens is 332 g/mol. The normalized spacial score (nSPS) is 14.8. The summed E-state index contributed by atoms with van der Waals surface area (Å²) in [4.78, 5) is 25.3. The lowest BCUT2D eigenvalue weighted by molar-refractivity contribution is -0.153. The molecule has 0 aromatic heterocycles. The molecule has 5 nitrogen and oxygen atoms in total. The van der Waals surface area contributed by atoms with Crippen molar-refractivity contribution in [3.63, 3.8) is 0 Å². The van der Waals surface area contributed by atoms with Crippen LogP contribution in [0.5, 0.6) is 11.5 Å². The first-order valence-corrected chi connectivity index (χ1v) is 8.59. The van der Waals surface area contributed by atoms with E-state index in [4.69, 9.17) is 14.2 Å². The molecule has 5 heteroatoms. The van der Waals surface area contributed by atoms with Crippen molar-refractivity contribution in [2.24, 2.45) is 0 Å². The molecule has 3 rings (SSSR count). The highest BCUT2D eigenvalue weighted by Gasteiger charge is 2.47. The van der Waals surface area contributed by atoms with Gasteiger partial charge in [-0.2, -0.15) is 0 Å². The molecule has 0 unspecified atom stereocenters. The van der Waals surface area contributed by atoms with Gasteiger partial charge in [0.1, 0.15) is 11.5 Å². The van der Waals surface area contributed by atoms with Crippen molar-refractivity contribution < 1.29 is 23.8 Å². The lowest BCUT2D eigenvalue weighted by Crippen LogP contribution is -2.44. The van der Waals surface area contributed by atoms with Crippen molar-refractivity contribution in [1.82, 2.24) is 0 Å². The minimum Gasteiger partial charge on any atom is -0.497 e. The number of hydrogen-bond acceptors (Lipinski definition) is 5. The summed E-state index contributed by atoms with van der Waals surface area (Å²) in [6.07, 6.45) is 2.46. The highest BCUT2D eigenvalue weighted by atomic mass is 16.5. The SMILES string of the molecule is COc1ccc(OC)c(C(=O)COC(=O)C2(c3ccccc3)CCC2)c1. The Hall–Kier alpha value is -2.82. The van der Waals surface area contributed by atoms with Crippen LogP contribution in [0.25, 0.3) is 0 Å². The van der Waals surface area contributed by atoms with E-state index in [1.54, 1.807) is 18.2 Å². The minimum atomic E-state index is -0.625. The number of Topliss-reactive ketones (excluding diaryl/α,β-unsaturated/α-hetero) is 1. The quantitative estimate of drug-likeness (QED) is 0.562. The van der Waals surface area contributed by atoms with E-state index >= 15 is 0 Å². The van der Waals surface area contributed by atoms with Crippen LogP contribution in [-0.2, 0) is 14.9 Å². The average molecular weight is 354 g/mol. The highest BCUT2D eigenvalue weighted by molar-refractivity contribution is 6.01. The lowest BCUT2D eigenvalue weighted by Gasteiger charge is -2.39. The molecule has 26 heavy (non-hydrogen) atoms. The summed E-state index contributed by atoms with van der Waals surface area (Å²) in [5, 5.41) is 0. The third-order valence-electron chi connectivity index (χ3n) is 4.97. The van der Waals surface area contributed by atoms with Crippen LogP contribution in [0.15, 0.2) is 48.5 Å². The zero-order valence-corrected chi connectivity index (χ0v) is 15.0. The van der Waals surface area contributed by atoms with E-state index in [0.29, 0.717) is 17.1 Å². The summed E-state index contributed by atoms with van der Waals surface area (Å²) in [7, 11) is 3.01. The number of ether oxygens (including phenoxy) is 3. The van der Waals surface area contributed by atoms with Gasteiger partial charge in [-0.25, -0.2) is 0 Å². The summed E-state index contributed by atoms with van der Waals surface area (Å²) in [5.74, 6) is 0.301. The maximum Gasteiger partial charge on any atom is 0.317 e. The van der Waals surface area contributed by atoms with Crippen molar-refractivity contribution in [3.8, 4) is 11.5 Å². The van der Waals surface area contributed by atoms with E-state index < -0.39 is 5.41 Å². The molecule has 2 aromatic carbocycles. The Kier molecular flexibility index (Phi) is 5.26. The highest BCUT2D eigenvalue weighted by Crippen LogP contribution is 2.44. The van der Waals surface area contributed by atoms with Crippen LogP contribution in [0.4, 0.5) is 0 Å². The van der Waals surface area contributed by atoms with Crippen LogP contribution < -0.4 is 9.47 Å². The molecule has 0 N–H and O–H groups in total. The van der Waals surface area contributed by atoms with Gasteiger partial charge in [-0.05, 0) is 36.6 Å². The van der Waals surface area contributed by atoms with Gasteiger partial charge in [-0.15, -0.1) is 0 Å². The molecule has 0 atom stereocenters. The Morgan fingerprint density at radius 1 is 1.00 bits per heavy atom. The van der Waals surface area contributed by atoms with Crippen molar-refractivity contribution in [3.05, 3.63) is 59.7 Å². The second kappa shape index (κ2) is 7.60. The number of ketones is 1. The fraction of sp³-hybridized carbons (Fsp3) is 0.333. The topological polar surface area (TPSA) is 61.8 Å². The smallest absolute Gasteiger partial charge is 0.317 e. The number of esters is 1. The van der Waals surface area contributed by atoms with Crippen LogP contribution in [0.2, 0.25) is 0 Å². The molecule has 1 fully saturated rings. The van der Waals surface area contributed by atoms with Crippen LogP contribution in [0, 0.1) is 0 Å². The van der Waals surface area contributed by atoms with Crippen molar-refractivity contribution in [2.45, 2.75) is 24.7 Å². The van der Waals surface area contributed by atoms with Crippen molar-refractivity contribution >= 4 is 11.8 Å². The van der Waals surface area contributed by atoms with Crippen LogP contribution in [0.1, 0.15) is 35.2 Å². The van der Waals surface area contributed by atoms with E-state index in [0.717, 1.165) is 24.8 Å². The number of benzene rings is 2. The first kappa shape index (κ1) is 18.0. The predicted octanol–water partition coefficient (Wildman–Crippen LogP) is 3.55. The Morgan fingerprint density at radius 2 is 1.73 bits per heavy atom. The molecule has 1 aliphatic carbocycles. The Balaban J connectivity index is 1.72. The van der Waals surface area contributed by atoms with E-state index in [-0.39, 0.29) is 18.4 Å². The molecule has 0 aliphatic heterocycles. The van der Waals surface area contributed by atoms with Gasteiger partial charge >= 0.3 is 5.97 Å². The second-order valence-corrected chi connectivity index (χ2v) is 6.37. The van der Waals surface area contributed by atoms with E-state index in [1.807, 2.05) is 30.3 Å². The van der Waals surface area contributed by atoms with Crippen LogP contribution in [-0.4, -0.2) is 32.6 Å². The molecule has 1 aliphatic rings. The number of carbonyl (C=O) groups excluding carboxylic acids is 2. The first-order chi connectivity index (χ1) is 12.6. The number of carbonyl (C=O) groups is 2. The Labute approximate surface area is 152 Å². The fourth-order valence-corrected chi connectivity index (χ4v) is 3.28. The molecule has 0 radical (unpaired) electrons. The molecule has 0 bridgehead atoms. The summed E-state index contributed by atoms with van der Waals surface area (Å²) in [5.41, 5.74) is 0.657. The third-order valence-corrected chi connectivity index (χ3v) is 4.97. The standard InChI is InChI=1S/C21H22O5/c1-24-16-9-10-19(25-2)17(13-16)18(22)14-26-20(23)21(11-6-12-21)15-7-4-3-5-8-15/h3-5,7-10,13H,6,11-12,14H2,1-2H3. The zero-order chi connectivity index (χ0) is 18.6. The van der Waals surface area contributed by atoms with Crippen LogP contribution in [0.3, 0.4) is 0 Å². The molecule has 1 saturated carbocycles. The van der Waals surface area contributed by atoms with E-state index in [2.05, 4.69) is 0 Å². The average Bonchev–Trinajstić information content (AvgIpc) is 2.65. The summed E-state index contributed by atoms with van der Waals surface area (Å²) >= 11 is 0. The Morgan fingerprint density at radius 3 is 2.31 bits per heavy atom. The lowest BCUT2D eigenvalue weighted by atomic mass is 9.64. The monoisotopic (exact) mass is 354 g/mol. The summed E-state index contributed by atoms with van der Waals surface area (Å²) in [6.45, 7) is -0.322. The van der Waals surface area contributed by atoms with Crippen molar-refractivity contribution in [1.29, 1.82) is 0 Å². The van der Waals surface area contributed by atoms with E-state index in [1.165, 1.54) is 14.2 Å². The van der Waals surface area contributed by atoms with Gasteiger partial charge in [0.05, 0.1) is 25.2 Å². The van der Waals surface area contributed by atoms with E-state index in [9.17, 15) is 9.59 Å². The molecule has 0 saturated heterocycles. The van der Waals surface area contributed by atoms with Gasteiger partial charge in [0.25, 0.3) is 0 Å². The molecule has 0 amide bonds. The molecule has 136 valence electrons. The Bertz CT molecular complexity index is 793. The van der Waals surface area contributed by atoms with Gasteiger partial charge < -0.3 is 14.2 Å². The minimum absolute atomic E-state index is 0.322. The third kappa shape index (κ3) is 3.29. The number of methoxy groups -OCH3 is 2. The molecule has 0 heterocycles. The second-order valence-electron chi connectivity index (χ2n) is 6.37. The summed E-state index contributed by atoms with van der Waals surface area (Å²) < 4.78 is 15.8. The number of rotatable bonds is 7. The number of hydrogen-bond donors (Lipinski definition) is 0. The van der Waals surface area contributed by atoms with Gasteiger partial charge in [0, 0.05) is 0 Å². The van der Waals surface area contributed by atoms with Crippen molar-refractivity contribution in [2.75, 3.05) is 20.8 Å². The van der Waals surface area contributed by atoms with Crippen LogP contribution >= 0.6 is 0 Å².